The van der Waals surface area contributed by atoms with Crippen molar-refractivity contribution < 1.29 is 4.79 Å². The molecule has 3 heterocycles. The van der Waals surface area contributed by atoms with Crippen molar-refractivity contribution in [1.82, 2.24) is 14.3 Å². The zero-order valence-electron chi connectivity index (χ0n) is 10.6. The van der Waals surface area contributed by atoms with Crippen molar-refractivity contribution in [3.63, 3.8) is 0 Å². The van der Waals surface area contributed by atoms with E-state index in [1.807, 2.05) is 22.7 Å². The number of pyridine rings is 1. The van der Waals surface area contributed by atoms with Gasteiger partial charge in [0.2, 0.25) is 0 Å². The number of rotatable bonds is 1. The van der Waals surface area contributed by atoms with E-state index in [1.165, 1.54) is 0 Å². The van der Waals surface area contributed by atoms with Gasteiger partial charge in [-0.3, -0.25) is 5.32 Å². The number of fused-ring (bicyclic) bond motifs is 1. The first-order valence-corrected chi connectivity index (χ1v) is 7.37. The number of aromatic nitrogens is 2. The Labute approximate surface area is 129 Å². The maximum Gasteiger partial charge on any atom is 0.324 e. The van der Waals surface area contributed by atoms with E-state index in [1.54, 1.807) is 11.1 Å². The molecule has 20 heavy (non-hydrogen) atoms. The van der Waals surface area contributed by atoms with Gasteiger partial charge in [-0.1, -0.05) is 0 Å². The molecule has 102 valence electrons. The molecular weight excluding hydrogens is 369 g/mol. The monoisotopic (exact) mass is 381 g/mol. The number of nitrogens with one attached hydrogen (secondary N) is 1. The van der Waals surface area contributed by atoms with Gasteiger partial charge >= 0.3 is 6.03 Å². The second-order valence-corrected chi connectivity index (χ2v) is 5.90. The molecule has 3 rings (SSSR count). The van der Waals surface area contributed by atoms with Crippen LogP contribution in [-0.2, 0) is 0 Å². The number of hydrogen-bond acceptors (Lipinski definition) is 3. The van der Waals surface area contributed by atoms with Gasteiger partial charge in [0.25, 0.3) is 0 Å². The summed E-state index contributed by atoms with van der Waals surface area (Å²) >= 11 is 2.22. The highest BCUT2D eigenvalue weighted by molar-refractivity contribution is 14.1. The SMILES string of the molecule is N#C[C@@H]1CCCN1C(=O)Nc1cn2cc(I)ccc2n1. The van der Waals surface area contributed by atoms with E-state index < -0.39 is 0 Å². The highest BCUT2D eigenvalue weighted by atomic mass is 127. The lowest BCUT2D eigenvalue weighted by Crippen LogP contribution is -2.38. The highest BCUT2D eigenvalue weighted by Crippen LogP contribution is 2.18. The fourth-order valence-electron chi connectivity index (χ4n) is 2.35. The summed E-state index contributed by atoms with van der Waals surface area (Å²) in [6.07, 6.45) is 5.32. The molecule has 2 amide bonds. The van der Waals surface area contributed by atoms with E-state index >= 15 is 0 Å². The van der Waals surface area contributed by atoms with Crippen LogP contribution in [0, 0.1) is 14.9 Å². The first kappa shape index (κ1) is 13.2. The molecule has 1 fully saturated rings. The van der Waals surface area contributed by atoms with E-state index in [4.69, 9.17) is 5.26 Å². The number of urea groups is 1. The maximum atomic E-state index is 12.1. The Kier molecular flexibility index (Phi) is 3.48. The molecule has 7 heteroatoms. The second kappa shape index (κ2) is 5.28. The van der Waals surface area contributed by atoms with Crippen molar-refractivity contribution in [2.24, 2.45) is 0 Å². The van der Waals surface area contributed by atoms with Gasteiger partial charge in [-0.25, -0.2) is 9.78 Å². The van der Waals surface area contributed by atoms with Gasteiger partial charge in [0, 0.05) is 16.3 Å². The third-order valence-corrected chi connectivity index (χ3v) is 3.95. The number of amides is 2. The number of nitriles is 1. The Bertz CT molecular complexity index is 704. The van der Waals surface area contributed by atoms with E-state index in [9.17, 15) is 4.79 Å². The van der Waals surface area contributed by atoms with E-state index in [0.29, 0.717) is 12.4 Å². The minimum Gasteiger partial charge on any atom is -0.308 e. The first-order valence-electron chi connectivity index (χ1n) is 6.29. The molecule has 1 aliphatic rings. The predicted molar refractivity (Wildman–Crippen MR) is 82.3 cm³/mol. The molecule has 0 aliphatic carbocycles. The molecule has 1 aliphatic heterocycles. The highest BCUT2D eigenvalue weighted by Gasteiger charge is 2.28. The van der Waals surface area contributed by atoms with Crippen molar-refractivity contribution in [2.45, 2.75) is 18.9 Å². The summed E-state index contributed by atoms with van der Waals surface area (Å²) in [6.45, 7) is 0.620. The van der Waals surface area contributed by atoms with E-state index in [0.717, 1.165) is 22.1 Å². The molecule has 2 aromatic rings. The van der Waals surface area contributed by atoms with Crippen LogP contribution >= 0.6 is 22.6 Å². The first-order chi connectivity index (χ1) is 9.67. The van der Waals surface area contributed by atoms with Crippen LogP contribution in [0.1, 0.15) is 12.8 Å². The van der Waals surface area contributed by atoms with Gasteiger partial charge in [0.05, 0.1) is 12.3 Å². The van der Waals surface area contributed by atoms with Crippen molar-refractivity contribution in [3.05, 3.63) is 28.1 Å². The lowest BCUT2D eigenvalue weighted by atomic mass is 10.2. The Morgan fingerprint density at radius 1 is 1.50 bits per heavy atom. The summed E-state index contributed by atoms with van der Waals surface area (Å²) in [5.41, 5.74) is 0.777. The molecule has 1 N–H and O–H groups in total. The lowest BCUT2D eigenvalue weighted by molar-refractivity contribution is 0.215. The van der Waals surface area contributed by atoms with Crippen molar-refractivity contribution >= 4 is 40.1 Å². The lowest BCUT2D eigenvalue weighted by Gasteiger charge is -2.18. The number of imidazole rings is 1. The van der Waals surface area contributed by atoms with Crippen molar-refractivity contribution in [1.29, 1.82) is 5.26 Å². The molecule has 0 aromatic carbocycles. The van der Waals surface area contributed by atoms with Crippen LogP contribution < -0.4 is 5.32 Å². The normalized spacial score (nSPS) is 18.2. The van der Waals surface area contributed by atoms with E-state index in [2.05, 4.69) is 39.0 Å². The molecule has 0 unspecified atom stereocenters. The maximum absolute atomic E-state index is 12.1. The summed E-state index contributed by atoms with van der Waals surface area (Å²) in [5, 5.41) is 11.8. The topological polar surface area (TPSA) is 73.4 Å². The number of hydrogen-bond donors (Lipinski definition) is 1. The molecule has 0 saturated carbocycles. The standard InChI is InChI=1S/C13H12IN5O/c14-9-3-4-12-16-11(8-18(12)7-9)17-13(20)19-5-1-2-10(19)6-15/h3-4,7-8,10H,1-2,5H2,(H,17,20)/t10-/m0/s1. The van der Waals surface area contributed by atoms with Crippen molar-refractivity contribution in [2.75, 3.05) is 11.9 Å². The van der Waals surface area contributed by atoms with Gasteiger partial charge in [-0.2, -0.15) is 5.26 Å². The number of carbonyl (C=O) groups is 1. The summed E-state index contributed by atoms with van der Waals surface area (Å²) in [5.74, 6) is 0.501. The van der Waals surface area contributed by atoms with Crippen molar-refractivity contribution in [3.8, 4) is 6.07 Å². The summed E-state index contributed by atoms with van der Waals surface area (Å²) < 4.78 is 2.96. The van der Waals surface area contributed by atoms with Crippen LogP contribution in [0.4, 0.5) is 10.6 Å². The Morgan fingerprint density at radius 3 is 3.15 bits per heavy atom. The average Bonchev–Trinajstić information content (AvgIpc) is 3.03. The molecule has 2 aromatic heterocycles. The predicted octanol–water partition coefficient (Wildman–Crippen LogP) is 2.46. The summed E-state index contributed by atoms with van der Waals surface area (Å²) in [4.78, 5) is 18.0. The zero-order chi connectivity index (χ0) is 14.1. The largest absolute Gasteiger partial charge is 0.324 e. The Hall–Kier alpha value is -1.82. The second-order valence-electron chi connectivity index (χ2n) is 4.65. The quantitative estimate of drug-likeness (QED) is 0.772. The fourth-order valence-corrected chi connectivity index (χ4v) is 2.83. The summed E-state index contributed by atoms with van der Waals surface area (Å²) in [7, 11) is 0. The minimum atomic E-state index is -0.326. The molecular formula is C13H12IN5O. The zero-order valence-corrected chi connectivity index (χ0v) is 12.7. The van der Waals surface area contributed by atoms with Gasteiger partial charge in [0.1, 0.15) is 11.7 Å². The van der Waals surface area contributed by atoms with Crippen LogP contribution in [0.3, 0.4) is 0 Å². The number of nitrogens with zero attached hydrogens (tertiary/aromatic N) is 4. The van der Waals surface area contributed by atoms with Crippen LogP contribution in [0.2, 0.25) is 0 Å². The molecule has 0 spiro atoms. The fraction of sp³-hybridized carbons (Fsp3) is 0.308. The molecule has 1 saturated heterocycles. The van der Waals surface area contributed by atoms with Crippen LogP contribution in [-0.4, -0.2) is 32.9 Å². The Morgan fingerprint density at radius 2 is 2.35 bits per heavy atom. The molecule has 0 radical (unpaired) electrons. The number of carbonyl (C=O) groups excluding carboxylic acids is 1. The summed E-state index contributed by atoms with van der Waals surface area (Å²) in [6, 6.07) is 5.42. The van der Waals surface area contributed by atoms with E-state index in [-0.39, 0.29) is 12.1 Å². The van der Waals surface area contributed by atoms with Gasteiger partial charge in [-0.15, -0.1) is 0 Å². The Balaban J connectivity index is 1.79. The minimum absolute atomic E-state index is 0.257. The number of anilines is 1. The van der Waals surface area contributed by atoms with Crippen LogP contribution in [0.5, 0.6) is 0 Å². The third-order valence-electron chi connectivity index (χ3n) is 3.31. The van der Waals surface area contributed by atoms with Crippen LogP contribution in [0.15, 0.2) is 24.5 Å². The molecule has 1 atom stereocenters. The smallest absolute Gasteiger partial charge is 0.308 e. The molecule has 6 nitrogen and oxygen atoms in total. The third kappa shape index (κ3) is 2.43. The van der Waals surface area contributed by atoms with Gasteiger partial charge in [-0.05, 0) is 47.6 Å². The van der Waals surface area contributed by atoms with Gasteiger partial charge in [0.15, 0.2) is 5.82 Å². The van der Waals surface area contributed by atoms with Gasteiger partial charge < -0.3 is 9.30 Å². The number of halogens is 1. The van der Waals surface area contributed by atoms with Crippen LogP contribution in [0.25, 0.3) is 5.65 Å². The average molecular weight is 381 g/mol. The number of likely N-dealkylation sites (tertiary alicyclic amines) is 1. The molecule has 0 bridgehead atoms.